The third-order valence-electron chi connectivity index (χ3n) is 5.92. The number of nitrogens with one attached hydrogen (secondary N) is 1. The molecule has 0 spiro atoms. The Balaban J connectivity index is 1.39. The monoisotopic (exact) mass is 407 g/mol. The van der Waals surface area contributed by atoms with Crippen LogP contribution < -0.4 is 5.32 Å². The lowest BCUT2D eigenvalue weighted by Crippen LogP contribution is -2.38. The molecule has 1 N–H and O–H groups in total. The van der Waals surface area contributed by atoms with Crippen LogP contribution in [0, 0.1) is 5.92 Å². The van der Waals surface area contributed by atoms with Gasteiger partial charge in [0.05, 0.1) is 6.26 Å². The van der Waals surface area contributed by atoms with E-state index in [2.05, 4.69) is 10.2 Å². The third kappa shape index (κ3) is 6.29. The van der Waals surface area contributed by atoms with Crippen molar-refractivity contribution in [3.05, 3.63) is 35.4 Å². The van der Waals surface area contributed by atoms with Gasteiger partial charge in [-0.1, -0.05) is 12.1 Å². The molecule has 0 atom stereocenters. The van der Waals surface area contributed by atoms with Crippen molar-refractivity contribution in [1.29, 1.82) is 0 Å². The molecule has 7 heteroatoms. The third-order valence-corrected chi connectivity index (χ3v) is 7.22. The Morgan fingerprint density at radius 1 is 1.07 bits per heavy atom. The molecule has 1 aromatic carbocycles. The van der Waals surface area contributed by atoms with E-state index in [1.807, 2.05) is 24.3 Å². The number of sulfonamides is 1. The van der Waals surface area contributed by atoms with Crippen molar-refractivity contribution in [2.75, 3.05) is 45.5 Å². The number of benzene rings is 1. The Morgan fingerprint density at radius 3 is 2.32 bits per heavy atom. The number of carbonyl (C=O) groups excluding carboxylic acids is 1. The summed E-state index contributed by atoms with van der Waals surface area (Å²) in [5.41, 5.74) is 1.92. The van der Waals surface area contributed by atoms with Crippen LogP contribution in [0.25, 0.3) is 0 Å². The van der Waals surface area contributed by atoms with Crippen LogP contribution in [0.1, 0.15) is 48.0 Å². The number of likely N-dealkylation sites (tertiary alicyclic amines) is 1. The molecule has 0 aliphatic carbocycles. The highest BCUT2D eigenvalue weighted by atomic mass is 32.2. The summed E-state index contributed by atoms with van der Waals surface area (Å²) in [5, 5.41) is 3.01. The van der Waals surface area contributed by atoms with Gasteiger partial charge in [0, 0.05) is 25.2 Å². The first-order valence-corrected chi connectivity index (χ1v) is 12.3. The van der Waals surface area contributed by atoms with E-state index >= 15 is 0 Å². The molecule has 2 aliphatic heterocycles. The number of amides is 1. The van der Waals surface area contributed by atoms with Gasteiger partial charge in [0.1, 0.15) is 0 Å². The van der Waals surface area contributed by atoms with Crippen LogP contribution in [0.5, 0.6) is 0 Å². The van der Waals surface area contributed by atoms with E-state index in [9.17, 15) is 13.2 Å². The lowest BCUT2D eigenvalue weighted by Gasteiger charge is -2.30. The van der Waals surface area contributed by atoms with Gasteiger partial charge in [-0.25, -0.2) is 12.7 Å². The van der Waals surface area contributed by atoms with E-state index in [1.54, 1.807) is 4.31 Å². The van der Waals surface area contributed by atoms with Crippen LogP contribution in [0.4, 0.5) is 0 Å². The molecule has 0 bridgehead atoms. The molecule has 0 saturated carbocycles. The highest BCUT2D eigenvalue weighted by molar-refractivity contribution is 7.88. The number of piperidine rings is 1. The summed E-state index contributed by atoms with van der Waals surface area (Å²) in [6.45, 7) is 5.40. The Labute approximate surface area is 169 Å². The first-order valence-electron chi connectivity index (χ1n) is 10.5. The molecular formula is C21H33N3O3S. The van der Waals surface area contributed by atoms with Crippen LogP contribution in [-0.4, -0.2) is 69.1 Å². The Morgan fingerprint density at radius 2 is 1.71 bits per heavy atom. The zero-order valence-corrected chi connectivity index (χ0v) is 17.7. The fourth-order valence-corrected chi connectivity index (χ4v) is 5.06. The molecule has 1 aromatic rings. The SMILES string of the molecule is CS(=O)(=O)N1CCC(Cc2ccc(C(=O)NCCCN3CCCC3)cc2)CC1. The topological polar surface area (TPSA) is 69.7 Å². The van der Waals surface area contributed by atoms with Crippen molar-refractivity contribution in [1.82, 2.24) is 14.5 Å². The largest absolute Gasteiger partial charge is 0.352 e. The maximum absolute atomic E-state index is 12.3. The van der Waals surface area contributed by atoms with E-state index in [4.69, 9.17) is 0 Å². The Kier molecular flexibility index (Phi) is 7.48. The van der Waals surface area contributed by atoms with E-state index in [1.165, 1.54) is 37.8 Å². The minimum atomic E-state index is -3.07. The number of carbonyl (C=O) groups is 1. The predicted octanol–water partition coefficient (Wildman–Crippen LogP) is 2.12. The number of rotatable bonds is 8. The molecule has 3 rings (SSSR count). The van der Waals surface area contributed by atoms with Crippen LogP contribution in [0.2, 0.25) is 0 Å². The normalized spacial score (nSPS) is 19.8. The van der Waals surface area contributed by atoms with Crippen molar-refractivity contribution in [3.63, 3.8) is 0 Å². The van der Waals surface area contributed by atoms with Gasteiger partial charge >= 0.3 is 0 Å². The van der Waals surface area contributed by atoms with Crippen molar-refractivity contribution in [2.45, 2.75) is 38.5 Å². The van der Waals surface area contributed by atoms with Crippen LogP contribution >= 0.6 is 0 Å². The van der Waals surface area contributed by atoms with E-state index in [0.29, 0.717) is 24.6 Å². The molecule has 2 saturated heterocycles. The second-order valence-corrected chi connectivity index (χ2v) is 10.1. The van der Waals surface area contributed by atoms with Gasteiger partial charge in [0.15, 0.2) is 0 Å². The van der Waals surface area contributed by atoms with Gasteiger partial charge in [-0.3, -0.25) is 4.79 Å². The highest BCUT2D eigenvalue weighted by Crippen LogP contribution is 2.23. The van der Waals surface area contributed by atoms with E-state index in [-0.39, 0.29) is 5.91 Å². The lowest BCUT2D eigenvalue weighted by atomic mass is 9.91. The zero-order chi connectivity index (χ0) is 20.0. The fraction of sp³-hybridized carbons (Fsp3) is 0.667. The Bertz CT molecular complexity index is 735. The van der Waals surface area contributed by atoms with Crippen LogP contribution in [-0.2, 0) is 16.4 Å². The number of nitrogens with zero attached hydrogens (tertiary/aromatic N) is 2. The van der Waals surface area contributed by atoms with Crippen LogP contribution in [0.3, 0.4) is 0 Å². The minimum Gasteiger partial charge on any atom is -0.352 e. The summed E-state index contributed by atoms with van der Waals surface area (Å²) in [5.74, 6) is 0.498. The summed E-state index contributed by atoms with van der Waals surface area (Å²) >= 11 is 0. The molecule has 156 valence electrons. The molecule has 0 unspecified atom stereocenters. The molecule has 2 fully saturated rings. The van der Waals surface area contributed by atoms with Gasteiger partial charge in [0.25, 0.3) is 5.91 Å². The van der Waals surface area contributed by atoms with Gasteiger partial charge < -0.3 is 10.2 Å². The summed E-state index contributed by atoms with van der Waals surface area (Å²) < 4.78 is 24.8. The second kappa shape index (κ2) is 9.85. The first-order chi connectivity index (χ1) is 13.4. The molecule has 0 aromatic heterocycles. The highest BCUT2D eigenvalue weighted by Gasteiger charge is 2.24. The quantitative estimate of drug-likeness (QED) is 0.670. The molecule has 6 nitrogen and oxygen atoms in total. The number of hydrogen-bond donors (Lipinski definition) is 1. The molecule has 2 heterocycles. The smallest absolute Gasteiger partial charge is 0.251 e. The fourth-order valence-electron chi connectivity index (χ4n) is 4.18. The van der Waals surface area contributed by atoms with E-state index in [0.717, 1.165) is 38.8 Å². The zero-order valence-electron chi connectivity index (χ0n) is 16.9. The molecule has 0 radical (unpaired) electrons. The summed E-state index contributed by atoms with van der Waals surface area (Å²) in [6.07, 6.45) is 7.61. The minimum absolute atomic E-state index is 0.00516. The number of hydrogen-bond acceptors (Lipinski definition) is 4. The summed E-state index contributed by atoms with van der Waals surface area (Å²) in [4.78, 5) is 14.7. The van der Waals surface area contributed by atoms with E-state index < -0.39 is 10.0 Å². The van der Waals surface area contributed by atoms with Crippen molar-refractivity contribution in [3.8, 4) is 0 Å². The predicted molar refractivity (Wildman–Crippen MR) is 112 cm³/mol. The molecule has 1 amide bonds. The van der Waals surface area contributed by atoms with Crippen LogP contribution in [0.15, 0.2) is 24.3 Å². The standard InChI is InChI=1S/C21H33N3O3S/c1-28(26,27)24-15-9-19(10-16-24)17-18-5-7-20(8-6-18)21(25)22-11-4-14-23-12-2-3-13-23/h5-8,19H,2-4,9-17H2,1H3,(H,22,25). The maximum atomic E-state index is 12.3. The maximum Gasteiger partial charge on any atom is 0.251 e. The lowest BCUT2D eigenvalue weighted by molar-refractivity contribution is 0.0952. The van der Waals surface area contributed by atoms with Crippen molar-refractivity contribution >= 4 is 15.9 Å². The second-order valence-electron chi connectivity index (χ2n) is 8.16. The van der Waals surface area contributed by atoms with Gasteiger partial charge in [-0.2, -0.15) is 0 Å². The van der Waals surface area contributed by atoms with Gasteiger partial charge in [-0.05, 0) is 81.8 Å². The first kappa shape index (κ1) is 21.3. The summed E-state index contributed by atoms with van der Waals surface area (Å²) in [7, 11) is -3.07. The van der Waals surface area contributed by atoms with Crippen molar-refractivity contribution in [2.24, 2.45) is 5.92 Å². The Hall–Kier alpha value is -1.44. The average Bonchev–Trinajstić information content (AvgIpc) is 3.19. The van der Waals surface area contributed by atoms with Gasteiger partial charge in [0.2, 0.25) is 10.0 Å². The van der Waals surface area contributed by atoms with Gasteiger partial charge in [-0.15, -0.1) is 0 Å². The molecular weight excluding hydrogens is 374 g/mol. The molecule has 28 heavy (non-hydrogen) atoms. The van der Waals surface area contributed by atoms with Crippen molar-refractivity contribution < 1.29 is 13.2 Å². The average molecular weight is 408 g/mol. The summed E-state index contributed by atoms with van der Waals surface area (Å²) in [6, 6.07) is 7.86. The molecule has 2 aliphatic rings.